The van der Waals surface area contributed by atoms with Crippen molar-refractivity contribution in [3.8, 4) is 0 Å². The van der Waals surface area contributed by atoms with Crippen molar-refractivity contribution in [3.05, 3.63) is 0 Å². The van der Waals surface area contributed by atoms with Gasteiger partial charge in [-0.2, -0.15) is 0 Å². The van der Waals surface area contributed by atoms with E-state index in [0.717, 1.165) is 25.7 Å². The Kier molecular flexibility index (Phi) is 5.02. The van der Waals surface area contributed by atoms with Crippen LogP contribution in [0.5, 0.6) is 0 Å². The standard InChI is InChI=1S/C10H21NO3S/c1-14-6-7-15(12,13)10-5-3-2-4-9(10)8-11/h9-10H,2-8,11H2,1H3. The fourth-order valence-corrected chi connectivity index (χ4v) is 4.33. The van der Waals surface area contributed by atoms with Crippen molar-refractivity contribution in [3.63, 3.8) is 0 Å². The normalized spacial score (nSPS) is 27.9. The fraction of sp³-hybridized carbons (Fsp3) is 1.00. The number of sulfone groups is 1. The third kappa shape index (κ3) is 3.43. The zero-order chi connectivity index (χ0) is 11.3. The molecule has 0 bridgehead atoms. The molecular weight excluding hydrogens is 214 g/mol. The molecule has 0 aromatic heterocycles. The largest absolute Gasteiger partial charge is 0.384 e. The smallest absolute Gasteiger partial charge is 0.155 e. The van der Waals surface area contributed by atoms with Crippen LogP contribution in [0.1, 0.15) is 25.7 Å². The second-order valence-electron chi connectivity index (χ2n) is 4.18. The van der Waals surface area contributed by atoms with E-state index in [0.29, 0.717) is 6.54 Å². The Hall–Kier alpha value is -0.130. The Balaban J connectivity index is 2.65. The summed E-state index contributed by atoms with van der Waals surface area (Å²) >= 11 is 0. The van der Waals surface area contributed by atoms with Gasteiger partial charge in [-0.25, -0.2) is 8.42 Å². The molecule has 4 nitrogen and oxygen atoms in total. The van der Waals surface area contributed by atoms with Gasteiger partial charge in [0.2, 0.25) is 0 Å². The molecule has 15 heavy (non-hydrogen) atoms. The maximum absolute atomic E-state index is 12.0. The number of nitrogens with two attached hydrogens (primary N) is 1. The summed E-state index contributed by atoms with van der Waals surface area (Å²) in [7, 11) is -1.49. The third-order valence-corrected chi connectivity index (χ3v) is 5.45. The molecule has 0 saturated heterocycles. The average Bonchev–Trinajstić information content (AvgIpc) is 2.26. The van der Waals surface area contributed by atoms with E-state index in [2.05, 4.69) is 0 Å². The van der Waals surface area contributed by atoms with Crippen LogP contribution in [0.4, 0.5) is 0 Å². The minimum Gasteiger partial charge on any atom is -0.384 e. The Labute approximate surface area is 92.1 Å². The fourth-order valence-electron chi connectivity index (χ4n) is 2.27. The van der Waals surface area contributed by atoms with Gasteiger partial charge in [0.15, 0.2) is 9.84 Å². The SMILES string of the molecule is COCCS(=O)(=O)C1CCCCC1CN. The third-order valence-electron chi connectivity index (χ3n) is 3.18. The zero-order valence-corrected chi connectivity index (χ0v) is 10.1. The molecule has 0 spiro atoms. The van der Waals surface area contributed by atoms with Crippen molar-refractivity contribution in [2.45, 2.75) is 30.9 Å². The number of ether oxygens (including phenoxy) is 1. The van der Waals surface area contributed by atoms with Crippen LogP contribution in [0.3, 0.4) is 0 Å². The van der Waals surface area contributed by atoms with Crippen LogP contribution in [0.25, 0.3) is 0 Å². The van der Waals surface area contributed by atoms with E-state index in [1.165, 1.54) is 7.11 Å². The lowest BCUT2D eigenvalue weighted by Gasteiger charge is -2.30. The summed E-state index contributed by atoms with van der Waals surface area (Å²) in [5.41, 5.74) is 5.62. The minimum absolute atomic E-state index is 0.130. The Morgan fingerprint density at radius 2 is 2.00 bits per heavy atom. The van der Waals surface area contributed by atoms with Crippen LogP contribution in [-0.4, -0.2) is 39.7 Å². The lowest BCUT2D eigenvalue weighted by Crippen LogP contribution is -2.39. The van der Waals surface area contributed by atoms with Crippen LogP contribution in [-0.2, 0) is 14.6 Å². The van der Waals surface area contributed by atoms with Gasteiger partial charge in [-0.15, -0.1) is 0 Å². The van der Waals surface area contributed by atoms with E-state index in [1.807, 2.05) is 0 Å². The Morgan fingerprint density at radius 1 is 1.33 bits per heavy atom. The molecule has 0 radical (unpaired) electrons. The lowest BCUT2D eigenvalue weighted by molar-refractivity contribution is 0.216. The summed E-state index contributed by atoms with van der Waals surface area (Å²) in [6.45, 7) is 0.771. The van der Waals surface area contributed by atoms with E-state index < -0.39 is 9.84 Å². The zero-order valence-electron chi connectivity index (χ0n) is 9.31. The number of hydrogen-bond acceptors (Lipinski definition) is 4. The van der Waals surface area contributed by atoms with Crippen LogP contribution in [0.2, 0.25) is 0 Å². The summed E-state index contributed by atoms with van der Waals surface area (Å²) < 4.78 is 28.8. The molecule has 1 rings (SSSR count). The van der Waals surface area contributed by atoms with E-state index >= 15 is 0 Å². The second-order valence-corrected chi connectivity index (χ2v) is 6.52. The molecule has 1 aliphatic carbocycles. The number of hydrogen-bond donors (Lipinski definition) is 1. The molecule has 1 fully saturated rings. The summed E-state index contributed by atoms with van der Waals surface area (Å²) in [6.07, 6.45) is 3.84. The Bertz CT molecular complexity index is 276. The molecule has 5 heteroatoms. The summed E-state index contributed by atoms with van der Waals surface area (Å²) in [6, 6.07) is 0. The van der Waals surface area contributed by atoms with Gasteiger partial charge in [-0.3, -0.25) is 0 Å². The predicted octanol–water partition coefficient (Wildman–Crippen LogP) is 0.565. The molecule has 1 saturated carbocycles. The monoisotopic (exact) mass is 235 g/mol. The molecular formula is C10H21NO3S. The lowest BCUT2D eigenvalue weighted by atomic mass is 9.89. The summed E-state index contributed by atoms with van der Waals surface area (Å²) in [5.74, 6) is 0.283. The number of rotatable bonds is 5. The second kappa shape index (κ2) is 5.82. The van der Waals surface area contributed by atoms with Gasteiger partial charge < -0.3 is 10.5 Å². The van der Waals surface area contributed by atoms with Gasteiger partial charge in [0.05, 0.1) is 17.6 Å². The average molecular weight is 235 g/mol. The van der Waals surface area contributed by atoms with Crippen molar-refractivity contribution >= 4 is 9.84 Å². The first-order valence-electron chi connectivity index (χ1n) is 5.52. The quantitative estimate of drug-likeness (QED) is 0.756. The van der Waals surface area contributed by atoms with Crippen LogP contribution in [0, 0.1) is 5.92 Å². The van der Waals surface area contributed by atoms with Crippen LogP contribution in [0.15, 0.2) is 0 Å². The van der Waals surface area contributed by atoms with Gasteiger partial charge >= 0.3 is 0 Å². The van der Waals surface area contributed by atoms with Crippen LogP contribution < -0.4 is 5.73 Å². The van der Waals surface area contributed by atoms with Crippen molar-refractivity contribution < 1.29 is 13.2 Å². The minimum atomic E-state index is -3.01. The summed E-state index contributed by atoms with van der Waals surface area (Å²) in [5, 5.41) is -0.230. The molecule has 2 unspecified atom stereocenters. The van der Waals surface area contributed by atoms with Gasteiger partial charge in [0.25, 0.3) is 0 Å². The number of methoxy groups -OCH3 is 1. The molecule has 2 atom stereocenters. The van der Waals surface area contributed by atoms with Crippen molar-refractivity contribution in [2.75, 3.05) is 26.0 Å². The summed E-state index contributed by atoms with van der Waals surface area (Å²) in [4.78, 5) is 0. The van der Waals surface area contributed by atoms with E-state index in [-0.39, 0.29) is 23.5 Å². The highest BCUT2D eigenvalue weighted by molar-refractivity contribution is 7.92. The topological polar surface area (TPSA) is 69.4 Å². The highest BCUT2D eigenvalue weighted by Gasteiger charge is 2.34. The first-order chi connectivity index (χ1) is 7.11. The Morgan fingerprint density at radius 3 is 2.60 bits per heavy atom. The molecule has 0 aromatic carbocycles. The molecule has 0 amide bonds. The van der Waals surface area contributed by atoms with E-state index in [9.17, 15) is 8.42 Å². The molecule has 2 N–H and O–H groups in total. The maximum Gasteiger partial charge on any atom is 0.155 e. The van der Waals surface area contributed by atoms with Crippen molar-refractivity contribution in [1.82, 2.24) is 0 Å². The van der Waals surface area contributed by atoms with Gasteiger partial charge in [-0.1, -0.05) is 12.8 Å². The molecule has 0 heterocycles. The van der Waals surface area contributed by atoms with Gasteiger partial charge in [0.1, 0.15) is 0 Å². The van der Waals surface area contributed by atoms with E-state index in [1.54, 1.807) is 0 Å². The molecule has 1 aliphatic rings. The highest BCUT2D eigenvalue weighted by Crippen LogP contribution is 2.29. The molecule has 0 aliphatic heterocycles. The van der Waals surface area contributed by atoms with Crippen molar-refractivity contribution in [1.29, 1.82) is 0 Å². The predicted molar refractivity (Wildman–Crippen MR) is 60.5 cm³/mol. The molecule has 0 aromatic rings. The van der Waals surface area contributed by atoms with E-state index in [4.69, 9.17) is 10.5 Å². The van der Waals surface area contributed by atoms with Crippen molar-refractivity contribution in [2.24, 2.45) is 11.7 Å². The first-order valence-corrected chi connectivity index (χ1v) is 7.24. The van der Waals surface area contributed by atoms with Gasteiger partial charge in [0, 0.05) is 7.11 Å². The molecule has 90 valence electrons. The first kappa shape index (κ1) is 12.9. The highest BCUT2D eigenvalue weighted by atomic mass is 32.2. The van der Waals surface area contributed by atoms with Crippen LogP contribution >= 0.6 is 0 Å². The maximum atomic E-state index is 12.0. The van der Waals surface area contributed by atoms with Gasteiger partial charge in [-0.05, 0) is 25.3 Å².